The Labute approximate surface area is 106 Å². The van der Waals surface area contributed by atoms with Crippen LogP contribution in [0, 0.1) is 0 Å². The molecule has 1 aliphatic rings. The van der Waals surface area contributed by atoms with E-state index in [1.54, 1.807) is 0 Å². The van der Waals surface area contributed by atoms with Crippen LogP contribution in [0.4, 0.5) is 0 Å². The van der Waals surface area contributed by atoms with Crippen LogP contribution in [-0.2, 0) is 4.74 Å². The van der Waals surface area contributed by atoms with Crippen molar-refractivity contribution >= 4 is 0 Å². The number of aliphatic hydroxyl groups is 1. The van der Waals surface area contributed by atoms with E-state index in [1.165, 1.54) is 12.8 Å². The summed E-state index contributed by atoms with van der Waals surface area (Å²) in [6.07, 6.45) is 5.82. The Balaban J connectivity index is 2.14. The van der Waals surface area contributed by atoms with Gasteiger partial charge in [-0.3, -0.25) is 0 Å². The zero-order valence-electron chi connectivity index (χ0n) is 11.9. The van der Waals surface area contributed by atoms with E-state index in [2.05, 4.69) is 26.1 Å². The number of hydrogen-bond acceptors (Lipinski definition) is 3. The second-order valence-electron chi connectivity index (χ2n) is 6.63. The first kappa shape index (κ1) is 14.9. The average molecular weight is 243 g/mol. The Morgan fingerprint density at radius 2 is 2.00 bits per heavy atom. The number of nitrogens with one attached hydrogen (secondary N) is 1. The second kappa shape index (κ2) is 6.17. The standard InChI is InChI=1S/C14H29NO2/c1-13(2,3)15-11-14(4,16)9-5-7-12-8-6-10-17-12/h12,15-16H,5-11H2,1-4H3. The fourth-order valence-corrected chi connectivity index (χ4v) is 2.13. The molecule has 0 aromatic heterocycles. The minimum atomic E-state index is -0.605. The Morgan fingerprint density at radius 3 is 2.53 bits per heavy atom. The largest absolute Gasteiger partial charge is 0.389 e. The molecule has 0 saturated carbocycles. The van der Waals surface area contributed by atoms with Gasteiger partial charge in [-0.15, -0.1) is 0 Å². The van der Waals surface area contributed by atoms with Gasteiger partial charge in [0.05, 0.1) is 11.7 Å². The molecule has 3 nitrogen and oxygen atoms in total. The molecule has 1 aliphatic heterocycles. The predicted octanol–water partition coefficient (Wildman–Crippen LogP) is 2.47. The van der Waals surface area contributed by atoms with Gasteiger partial charge < -0.3 is 15.2 Å². The third-order valence-corrected chi connectivity index (χ3v) is 3.26. The Hall–Kier alpha value is -0.120. The van der Waals surface area contributed by atoms with Crippen LogP contribution in [0.5, 0.6) is 0 Å². The zero-order valence-corrected chi connectivity index (χ0v) is 11.9. The molecule has 17 heavy (non-hydrogen) atoms. The summed E-state index contributed by atoms with van der Waals surface area (Å²) in [7, 11) is 0. The van der Waals surface area contributed by atoms with Crippen LogP contribution in [-0.4, -0.2) is 35.5 Å². The molecule has 0 radical (unpaired) electrons. The van der Waals surface area contributed by atoms with Gasteiger partial charge in [-0.2, -0.15) is 0 Å². The maximum atomic E-state index is 10.2. The van der Waals surface area contributed by atoms with E-state index in [0.29, 0.717) is 12.6 Å². The minimum absolute atomic E-state index is 0.0680. The molecule has 1 saturated heterocycles. The summed E-state index contributed by atoms with van der Waals surface area (Å²) in [6, 6.07) is 0. The lowest BCUT2D eigenvalue weighted by molar-refractivity contribution is 0.0351. The minimum Gasteiger partial charge on any atom is -0.389 e. The maximum absolute atomic E-state index is 10.2. The summed E-state index contributed by atoms with van der Waals surface area (Å²) in [5, 5.41) is 13.6. The van der Waals surface area contributed by atoms with Gasteiger partial charge in [-0.05, 0) is 59.8 Å². The molecule has 3 heteroatoms. The number of rotatable bonds is 6. The van der Waals surface area contributed by atoms with Crippen LogP contribution >= 0.6 is 0 Å². The van der Waals surface area contributed by atoms with Crippen molar-refractivity contribution in [1.82, 2.24) is 5.32 Å². The van der Waals surface area contributed by atoms with Gasteiger partial charge in [0, 0.05) is 18.7 Å². The third kappa shape index (κ3) is 7.02. The highest BCUT2D eigenvalue weighted by molar-refractivity contribution is 4.81. The predicted molar refractivity (Wildman–Crippen MR) is 71.2 cm³/mol. The zero-order chi connectivity index (χ0) is 12.9. The Kier molecular flexibility index (Phi) is 5.42. The van der Waals surface area contributed by atoms with Crippen LogP contribution in [0.1, 0.15) is 59.8 Å². The summed E-state index contributed by atoms with van der Waals surface area (Å²) in [6.45, 7) is 9.86. The maximum Gasteiger partial charge on any atom is 0.0743 e. The molecule has 0 aromatic rings. The van der Waals surface area contributed by atoms with Crippen molar-refractivity contribution in [2.24, 2.45) is 0 Å². The normalized spacial score (nSPS) is 24.9. The fourth-order valence-electron chi connectivity index (χ4n) is 2.13. The van der Waals surface area contributed by atoms with E-state index in [-0.39, 0.29) is 5.54 Å². The quantitative estimate of drug-likeness (QED) is 0.753. The highest BCUT2D eigenvalue weighted by atomic mass is 16.5. The molecular formula is C14H29NO2. The summed E-state index contributed by atoms with van der Waals surface area (Å²) >= 11 is 0. The molecular weight excluding hydrogens is 214 g/mol. The van der Waals surface area contributed by atoms with Gasteiger partial charge in [-0.25, -0.2) is 0 Å². The van der Waals surface area contributed by atoms with Gasteiger partial charge in [0.25, 0.3) is 0 Å². The first-order chi connectivity index (χ1) is 7.79. The molecule has 0 aliphatic carbocycles. The lowest BCUT2D eigenvalue weighted by atomic mass is 9.96. The molecule has 2 unspecified atom stereocenters. The van der Waals surface area contributed by atoms with E-state index >= 15 is 0 Å². The number of hydrogen-bond donors (Lipinski definition) is 2. The molecule has 1 rings (SSSR count). The van der Waals surface area contributed by atoms with Gasteiger partial charge >= 0.3 is 0 Å². The van der Waals surface area contributed by atoms with Crippen LogP contribution in [0.15, 0.2) is 0 Å². The van der Waals surface area contributed by atoms with Crippen molar-refractivity contribution < 1.29 is 9.84 Å². The summed E-state index contributed by atoms with van der Waals surface area (Å²) in [4.78, 5) is 0. The number of β-amino-alcohol motifs (C(OH)–C–C–N with tert-alkyl or cyclic N) is 1. The molecule has 0 aromatic carbocycles. The lowest BCUT2D eigenvalue weighted by Gasteiger charge is -2.29. The Morgan fingerprint density at radius 1 is 1.29 bits per heavy atom. The van der Waals surface area contributed by atoms with Crippen molar-refractivity contribution in [1.29, 1.82) is 0 Å². The Bertz CT molecular complexity index is 215. The lowest BCUT2D eigenvalue weighted by Crippen LogP contribution is -2.46. The topological polar surface area (TPSA) is 41.5 Å². The van der Waals surface area contributed by atoms with Gasteiger partial charge in [0.2, 0.25) is 0 Å². The molecule has 1 fully saturated rings. The SMILES string of the molecule is CC(O)(CCCC1CCCO1)CNC(C)(C)C. The van der Waals surface area contributed by atoms with Crippen LogP contribution in [0.2, 0.25) is 0 Å². The molecule has 0 amide bonds. The van der Waals surface area contributed by atoms with E-state index in [4.69, 9.17) is 4.74 Å². The smallest absolute Gasteiger partial charge is 0.0743 e. The second-order valence-corrected chi connectivity index (χ2v) is 6.63. The van der Waals surface area contributed by atoms with Crippen molar-refractivity contribution in [3.8, 4) is 0 Å². The summed E-state index contributed by atoms with van der Waals surface area (Å²) in [5.74, 6) is 0. The summed E-state index contributed by atoms with van der Waals surface area (Å²) < 4.78 is 5.58. The highest BCUT2D eigenvalue weighted by Gasteiger charge is 2.23. The highest BCUT2D eigenvalue weighted by Crippen LogP contribution is 2.21. The molecule has 1 heterocycles. The molecule has 2 atom stereocenters. The van der Waals surface area contributed by atoms with E-state index in [0.717, 1.165) is 25.9 Å². The van der Waals surface area contributed by atoms with Gasteiger partial charge in [-0.1, -0.05) is 0 Å². The fraction of sp³-hybridized carbons (Fsp3) is 1.00. The first-order valence-electron chi connectivity index (χ1n) is 6.88. The van der Waals surface area contributed by atoms with Crippen molar-refractivity contribution in [2.75, 3.05) is 13.2 Å². The molecule has 0 spiro atoms. The average Bonchev–Trinajstić information content (AvgIpc) is 2.67. The van der Waals surface area contributed by atoms with Crippen molar-refractivity contribution in [3.63, 3.8) is 0 Å². The van der Waals surface area contributed by atoms with E-state index < -0.39 is 5.60 Å². The van der Waals surface area contributed by atoms with Gasteiger partial charge in [0.15, 0.2) is 0 Å². The number of ether oxygens (including phenoxy) is 1. The third-order valence-electron chi connectivity index (χ3n) is 3.26. The van der Waals surface area contributed by atoms with Crippen LogP contribution in [0.3, 0.4) is 0 Å². The molecule has 2 N–H and O–H groups in total. The van der Waals surface area contributed by atoms with E-state index in [1.807, 2.05) is 6.92 Å². The summed E-state index contributed by atoms with van der Waals surface area (Å²) in [5.41, 5.74) is -0.537. The molecule has 0 bridgehead atoms. The van der Waals surface area contributed by atoms with Crippen LogP contribution in [0.25, 0.3) is 0 Å². The molecule has 102 valence electrons. The van der Waals surface area contributed by atoms with Crippen molar-refractivity contribution in [2.45, 2.75) is 77.0 Å². The first-order valence-corrected chi connectivity index (χ1v) is 6.88. The van der Waals surface area contributed by atoms with E-state index in [9.17, 15) is 5.11 Å². The van der Waals surface area contributed by atoms with Crippen molar-refractivity contribution in [3.05, 3.63) is 0 Å². The monoisotopic (exact) mass is 243 g/mol. The van der Waals surface area contributed by atoms with Gasteiger partial charge in [0.1, 0.15) is 0 Å². The van der Waals surface area contributed by atoms with Crippen LogP contribution < -0.4 is 5.32 Å².